The van der Waals surface area contributed by atoms with Crippen LogP contribution in [0.25, 0.3) is 0 Å². The van der Waals surface area contributed by atoms with Crippen LogP contribution in [0.5, 0.6) is 0 Å². The zero-order valence-corrected chi connectivity index (χ0v) is 15.9. The van der Waals surface area contributed by atoms with Gasteiger partial charge in [0.15, 0.2) is 0 Å². The molecule has 2 aliphatic heterocycles. The van der Waals surface area contributed by atoms with E-state index in [1.807, 2.05) is 12.3 Å². The summed E-state index contributed by atoms with van der Waals surface area (Å²) in [6, 6.07) is 10.5. The number of rotatable bonds is 4. The molecule has 4 rings (SSSR count). The average molecular weight is 402 g/mol. The molecule has 5 heteroatoms. The molecule has 0 spiro atoms. The average Bonchev–Trinajstić information content (AvgIpc) is 3.43. The summed E-state index contributed by atoms with van der Waals surface area (Å²) in [5.41, 5.74) is 1.32. The van der Waals surface area contributed by atoms with E-state index in [9.17, 15) is 4.79 Å². The fourth-order valence-corrected chi connectivity index (χ4v) is 4.46. The van der Waals surface area contributed by atoms with Gasteiger partial charge in [-0.3, -0.25) is 9.79 Å². The number of aliphatic imine (C=N–C) groups is 1. The largest absolute Gasteiger partial charge is 0.357 e. The van der Waals surface area contributed by atoms with Crippen molar-refractivity contribution in [3.8, 4) is 0 Å². The van der Waals surface area contributed by atoms with E-state index in [2.05, 4.69) is 61.2 Å². The molecule has 1 aromatic carbocycles. The standard InChI is InChI=1S/C20H24BrN3O/c21-17-11-22-14-23(13-17)12-15-6-8-24(9-7-15)20(25)19-10-18(19)16-4-2-1-3-5-16/h1-5,11,13,15,18-19H,6-10,12,14H2/t18-,19+/m0/s1. The summed E-state index contributed by atoms with van der Waals surface area (Å²) < 4.78 is 1.03. The molecule has 0 aromatic heterocycles. The van der Waals surface area contributed by atoms with E-state index < -0.39 is 0 Å². The van der Waals surface area contributed by atoms with Crippen LogP contribution >= 0.6 is 15.9 Å². The number of carbonyl (C=O) groups is 1. The minimum Gasteiger partial charge on any atom is -0.357 e. The van der Waals surface area contributed by atoms with Crippen molar-refractivity contribution in [1.29, 1.82) is 0 Å². The predicted molar refractivity (Wildman–Crippen MR) is 104 cm³/mol. The van der Waals surface area contributed by atoms with Crippen LogP contribution in [0.15, 0.2) is 46.0 Å². The Bertz CT molecular complexity index is 679. The van der Waals surface area contributed by atoms with Gasteiger partial charge in [-0.2, -0.15) is 0 Å². The second-order valence-electron chi connectivity index (χ2n) is 7.37. The van der Waals surface area contributed by atoms with Gasteiger partial charge in [-0.05, 0) is 52.6 Å². The van der Waals surface area contributed by atoms with E-state index in [-0.39, 0.29) is 5.92 Å². The Kier molecular flexibility index (Phi) is 4.93. The highest BCUT2D eigenvalue weighted by Gasteiger charge is 2.46. The van der Waals surface area contributed by atoms with Crippen molar-refractivity contribution >= 4 is 28.1 Å². The highest BCUT2D eigenvalue weighted by atomic mass is 79.9. The lowest BCUT2D eigenvalue weighted by atomic mass is 9.95. The van der Waals surface area contributed by atoms with Crippen LogP contribution in [0, 0.1) is 11.8 Å². The molecule has 1 amide bonds. The predicted octanol–water partition coefficient (Wildman–Crippen LogP) is 3.61. The highest BCUT2D eigenvalue weighted by molar-refractivity contribution is 9.12. The summed E-state index contributed by atoms with van der Waals surface area (Å²) in [5.74, 6) is 1.69. The number of benzene rings is 1. The topological polar surface area (TPSA) is 35.9 Å². The zero-order valence-electron chi connectivity index (χ0n) is 14.4. The van der Waals surface area contributed by atoms with E-state index in [4.69, 9.17) is 0 Å². The number of hydrogen-bond acceptors (Lipinski definition) is 3. The van der Waals surface area contributed by atoms with Gasteiger partial charge in [-0.25, -0.2) is 0 Å². The normalized spacial score (nSPS) is 26.5. The first kappa shape index (κ1) is 16.8. The van der Waals surface area contributed by atoms with Crippen molar-refractivity contribution in [3.63, 3.8) is 0 Å². The van der Waals surface area contributed by atoms with Gasteiger partial charge in [0.05, 0.1) is 4.48 Å². The van der Waals surface area contributed by atoms with Crippen molar-refractivity contribution in [2.24, 2.45) is 16.8 Å². The summed E-state index contributed by atoms with van der Waals surface area (Å²) in [6.07, 6.45) is 7.20. The number of likely N-dealkylation sites (tertiary alicyclic amines) is 1. The second-order valence-corrected chi connectivity index (χ2v) is 8.28. The molecule has 2 heterocycles. The van der Waals surface area contributed by atoms with E-state index in [0.29, 0.717) is 17.7 Å². The van der Waals surface area contributed by atoms with E-state index in [1.54, 1.807) is 0 Å². The maximum atomic E-state index is 12.8. The Morgan fingerprint density at radius 1 is 1.20 bits per heavy atom. The van der Waals surface area contributed by atoms with Gasteiger partial charge in [-0.1, -0.05) is 30.3 Å². The molecule has 0 bridgehead atoms. The molecule has 0 N–H and O–H groups in total. The molecule has 0 radical (unpaired) electrons. The summed E-state index contributed by atoms with van der Waals surface area (Å²) in [6.45, 7) is 3.59. The van der Waals surface area contributed by atoms with Crippen LogP contribution in [0.4, 0.5) is 0 Å². The maximum Gasteiger partial charge on any atom is 0.226 e. The van der Waals surface area contributed by atoms with Gasteiger partial charge in [0.1, 0.15) is 6.67 Å². The van der Waals surface area contributed by atoms with E-state index >= 15 is 0 Å². The lowest BCUT2D eigenvalue weighted by molar-refractivity contribution is -0.134. The third-order valence-electron chi connectivity index (χ3n) is 5.54. The number of amides is 1. The van der Waals surface area contributed by atoms with Crippen molar-refractivity contribution < 1.29 is 4.79 Å². The van der Waals surface area contributed by atoms with Crippen LogP contribution in [-0.2, 0) is 4.79 Å². The summed E-state index contributed by atoms with van der Waals surface area (Å²) >= 11 is 3.49. The molecule has 1 saturated heterocycles. The molecule has 2 atom stereocenters. The Labute approximate surface area is 157 Å². The third kappa shape index (κ3) is 3.97. The van der Waals surface area contributed by atoms with E-state index in [0.717, 1.165) is 50.0 Å². The summed E-state index contributed by atoms with van der Waals surface area (Å²) in [5, 5.41) is 0. The Morgan fingerprint density at radius 2 is 1.96 bits per heavy atom. The van der Waals surface area contributed by atoms with Crippen molar-refractivity contribution in [2.75, 3.05) is 26.3 Å². The lowest BCUT2D eigenvalue weighted by Crippen LogP contribution is -2.42. The monoisotopic (exact) mass is 401 g/mol. The zero-order chi connectivity index (χ0) is 17.2. The first-order valence-electron chi connectivity index (χ1n) is 9.15. The molecule has 4 nitrogen and oxygen atoms in total. The van der Waals surface area contributed by atoms with Crippen molar-refractivity contribution in [2.45, 2.75) is 25.2 Å². The van der Waals surface area contributed by atoms with Gasteiger partial charge in [0, 0.05) is 38.0 Å². The quantitative estimate of drug-likeness (QED) is 0.772. The molecule has 2 fully saturated rings. The van der Waals surface area contributed by atoms with Crippen molar-refractivity contribution in [1.82, 2.24) is 9.80 Å². The third-order valence-corrected chi connectivity index (χ3v) is 5.95. The minimum atomic E-state index is 0.217. The highest BCUT2D eigenvalue weighted by Crippen LogP contribution is 2.48. The molecule has 3 aliphatic rings. The molecule has 1 aromatic rings. The molecular weight excluding hydrogens is 378 g/mol. The molecular formula is C20H24BrN3O. The first-order valence-corrected chi connectivity index (χ1v) is 9.95. The number of carbonyl (C=O) groups excluding carboxylic acids is 1. The fourth-order valence-electron chi connectivity index (χ4n) is 4.03. The smallest absolute Gasteiger partial charge is 0.226 e. The number of allylic oxidation sites excluding steroid dienone is 1. The number of piperidine rings is 1. The molecule has 1 saturated carbocycles. The second kappa shape index (κ2) is 7.32. The SMILES string of the molecule is O=C([C@@H]1C[C@H]1c1ccccc1)N1CCC(CN2C=C(Br)C=NC2)CC1. The van der Waals surface area contributed by atoms with Crippen LogP contribution in [-0.4, -0.2) is 48.2 Å². The molecule has 132 valence electrons. The first-order chi connectivity index (χ1) is 12.2. The van der Waals surface area contributed by atoms with E-state index in [1.165, 1.54) is 5.56 Å². The van der Waals surface area contributed by atoms with Crippen LogP contribution in [0.2, 0.25) is 0 Å². The van der Waals surface area contributed by atoms with Gasteiger partial charge in [-0.15, -0.1) is 0 Å². The Hall–Kier alpha value is -1.62. The van der Waals surface area contributed by atoms with Crippen LogP contribution in [0.1, 0.15) is 30.7 Å². The van der Waals surface area contributed by atoms with Gasteiger partial charge in [0.25, 0.3) is 0 Å². The van der Waals surface area contributed by atoms with Gasteiger partial charge < -0.3 is 9.80 Å². The molecule has 1 aliphatic carbocycles. The fraction of sp³-hybridized carbons (Fsp3) is 0.500. The summed E-state index contributed by atoms with van der Waals surface area (Å²) in [4.78, 5) is 21.5. The molecule has 25 heavy (non-hydrogen) atoms. The number of hydrogen-bond donors (Lipinski definition) is 0. The number of halogens is 1. The van der Waals surface area contributed by atoms with Gasteiger partial charge in [0.2, 0.25) is 5.91 Å². The van der Waals surface area contributed by atoms with Gasteiger partial charge >= 0.3 is 0 Å². The number of nitrogens with zero attached hydrogens (tertiary/aromatic N) is 3. The van der Waals surface area contributed by atoms with Crippen LogP contribution in [0.3, 0.4) is 0 Å². The maximum absolute atomic E-state index is 12.8. The van der Waals surface area contributed by atoms with Crippen LogP contribution < -0.4 is 0 Å². The summed E-state index contributed by atoms with van der Waals surface area (Å²) in [7, 11) is 0. The minimum absolute atomic E-state index is 0.217. The van der Waals surface area contributed by atoms with Crippen molar-refractivity contribution in [3.05, 3.63) is 46.6 Å². The molecule has 0 unspecified atom stereocenters. The Balaban J connectivity index is 1.25. The Morgan fingerprint density at radius 3 is 2.68 bits per heavy atom. The lowest BCUT2D eigenvalue weighted by Gasteiger charge is -2.35.